The van der Waals surface area contributed by atoms with Gasteiger partial charge in [-0.3, -0.25) is 4.79 Å². The summed E-state index contributed by atoms with van der Waals surface area (Å²) in [5.74, 6) is -0.402. The minimum atomic E-state index is -0.449. The second-order valence-corrected chi connectivity index (χ2v) is 6.41. The summed E-state index contributed by atoms with van der Waals surface area (Å²) in [6, 6.07) is 21.9. The van der Waals surface area contributed by atoms with Gasteiger partial charge in [0.25, 0.3) is 5.91 Å². The number of amides is 1. The molecule has 7 heteroatoms. The first kappa shape index (κ1) is 17.9. The van der Waals surface area contributed by atoms with Gasteiger partial charge in [-0.25, -0.2) is 14.1 Å². The first-order valence-corrected chi connectivity index (χ1v) is 8.83. The predicted molar refractivity (Wildman–Crippen MR) is 106 cm³/mol. The fourth-order valence-electron chi connectivity index (χ4n) is 2.69. The van der Waals surface area contributed by atoms with Crippen LogP contribution in [0.3, 0.4) is 0 Å². The smallest absolute Gasteiger partial charge is 0.295 e. The lowest BCUT2D eigenvalue weighted by molar-refractivity contribution is 0.101. The maximum atomic E-state index is 13.3. The molecule has 5 nitrogen and oxygen atoms in total. The fraction of sp³-hybridized carbons (Fsp3) is 0. The number of halogens is 2. The number of anilines is 1. The number of nitrogens with zero attached hydrogens (tertiary/aromatic N) is 3. The van der Waals surface area contributed by atoms with Gasteiger partial charge in [0.2, 0.25) is 5.82 Å². The Morgan fingerprint density at radius 1 is 0.964 bits per heavy atom. The van der Waals surface area contributed by atoms with Crippen molar-refractivity contribution in [3.05, 3.63) is 95.5 Å². The van der Waals surface area contributed by atoms with E-state index in [1.54, 1.807) is 42.5 Å². The molecule has 0 unspecified atom stereocenters. The Morgan fingerprint density at radius 3 is 2.43 bits per heavy atom. The molecule has 0 fully saturated rings. The summed E-state index contributed by atoms with van der Waals surface area (Å²) < 4.78 is 14.8. The summed E-state index contributed by atoms with van der Waals surface area (Å²) in [6.07, 6.45) is 0. The molecular formula is C21H14ClFN4O. The van der Waals surface area contributed by atoms with Gasteiger partial charge >= 0.3 is 0 Å². The van der Waals surface area contributed by atoms with Crippen molar-refractivity contribution < 1.29 is 9.18 Å². The van der Waals surface area contributed by atoms with E-state index in [1.807, 2.05) is 24.3 Å². The summed E-state index contributed by atoms with van der Waals surface area (Å²) in [5, 5.41) is 7.63. The Bertz CT molecular complexity index is 1130. The first-order valence-electron chi connectivity index (χ1n) is 8.45. The van der Waals surface area contributed by atoms with Crippen LogP contribution < -0.4 is 5.32 Å². The zero-order valence-electron chi connectivity index (χ0n) is 14.5. The zero-order chi connectivity index (χ0) is 19.5. The van der Waals surface area contributed by atoms with Gasteiger partial charge in [0.15, 0.2) is 5.82 Å². The Morgan fingerprint density at radius 2 is 1.71 bits per heavy atom. The third-order valence-corrected chi connectivity index (χ3v) is 4.23. The van der Waals surface area contributed by atoms with Gasteiger partial charge in [-0.2, -0.15) is 0 Å². The molecule has 1 N–H and O–H groups in total. The summed E-state index contributed by atoms with van der Waals surface area (Å²) >= 11 is 6.10. The van der Waals surface area contributed by atoms with Crippen molar-refractivity contribution in [1.82, 2.24) is 14.8 Å². The molecule has 0 saturated carbocycles. The average Bonchev–Trinajstić information content (AvgIpc) is 3.15. The lowest BCUT2D eigenvalue weighted by Gasteiger charge is -2.06. The standard InChI is InChI=1S/C21H14ClFN4O/c22-15-6-4-5-14(13-15)20-25-19(21(28)24-17-7-2-1-3-8-17)26-27(20)18-11-9-16(23)10-12-18/h1-13H,(H,24,28). The predicted octanol–water partition coefficient (Wildman–Crippen LogP) is 4.98. The van der Waals surface area contributed by atoms with Gasteiger partial charge in [-0.1, -0.05) is 41.9 Å². The number of nitrogens with one attached hydrogen (secondary N) is 1. The second kappa shape index (κ2) is 7.62. The summed E-state index contributed by atoms with van der Waals surface area (Å²) in [5.41, 5.74) is 1.89. The van der Waals surface area contributed by atoms with Gasteiger partial charge < -0.3 is 5.32 Å². The lowest BCUT2D eigenvalue weighted by atomic mass is 10.2. The van der Waals surface area contributed by atoms with Gasteiger partial charge in [-0.15, -0.1) is 5.10 Å². The molecule has 0 radical (unpaired) electrons. The highest BCUT2D eigenvalue weighted by Crippen LogP contribution is 2.24. The third-order valence-electron chi connectivity index (χ3n) is 4.00. The first-order chi connectivity index (χ1) is 13.6. The molecule has 4 aromatic rings. The van der Waals surface area contributed by atoms with Crippen LogP contribution in [0.5, 0.6) is 0 Å². The molecule has 0 bridgehead atoms. The Balaban J connectivity index is 1.77. The van der Waals surface area contributed by atoms with Crippen LogP contribution >= 0.6 is 11.6 Å². The molecule has 0 saturated heterocycles. The van der Waals surface area contributed by atoms with Crippen LogP contribution in [-0.2, 0) is 0 Å². The molecule has 4 rings (SSSR count). The van der Waals surface area contributed by atoms with Crippen LogP contribution in [0.4, 0.5) is 10.1 Å². The molecule has 0 spiro atoms. The van der Waals surface area contributed by atoms with E-state index < -0.39 is 5.91 Å². The number of hydrogen-bond acceptors (Lipinski definition) is 3. The SMILES string of the molecule is O=C(Nc1ccccc1)c1nc(-c2cccc(Cl)c2)n(-c2ccc(F)cc2)n1. The second-order valence-electron chi connectivity index (χ2n) is 5.98. The number of para-hydroxylation sites is 1. The highest BCUT2D eigenvalue weighted by molar-refractivity contribution is 6.30. The fourth-order valence-corrected chi connectivity index (χ4v) is 2.88. The lowest BCUT2D eigenvalue weighted by Crippen LogP contribution is -2.14. The van der Waals surface area contributed by atoms with Crippen LogP contribution in [0.2, 0.25) is 5.02 Å². The van der Waals surface area contributed by atoms with Crippen molar-refractivity contribution >= 4 is 23.2 Å². The Labute approximate surface area is 165 Å². The van der Waals surface area contributed by atoms with Crippen molar-refractivity contribution in [1.29, 1.82) is 0 Å². The van der Waals surface area contributed by atoms with E-state index in [0.717, 1.165) is 0 Å². The molecule has 1 amide bonds. The number of aromatic nitrogens is 3. The largest absolute Gasteiger partial charge is 0.319 e. The maximum absolute atomic E-state index is 13.3. The van der Waals surface area contributed by atoms with E-state index >= 15 is 0 Å². The number of carbonyl (C=O) groups excluding carboxylic acids is 1. The highest BCUT2D eigenvalue weighted by Gasteiger charge is 2.19. The molecule has 1 heterocycles. The van der Waals surface area contributed by atoms with Gasteiger partial charge in [0, 0.05) is 16.3 Å². The van der Waals surface area contributed by atoms with Crippen molar-refractivity contribution in [2.24, 2.45) is 0 Å². The summed E-state index contributed by atoms with van der Waals surface area (Å²) in [6.45, 7) is 0. The Hall–Kier alpha value is -3.51. The van der Waals surface area contributed by atoms with E-state index in [-0.39, 0.29) is 11.6 Å². The van der Waals surface area contributed by atoms with Crippen molar-refractivity contribution in [3.63, 3.8) is 0 Å². The number of rotatable bonds is 4. The Kier molecular flexibility index (Phi) is 4.87. The van der Waals surface area contributed by atoms with E-state index in [9.17, 15) is 9.18 Å². The minimum absolute atomic E-state index is 0.0110. The van der Waals surface area contributed by atoms with Crippen LogP contribution in [0.25, 0.3) is 17.1 Å². The highest BCUT2D eigenvalue weighted by atomic mass is 35.5. The molecule has 0 aliphatic carbocycles. The van der Waals surface area contributed by atoms with Crippen LogP contribution in [0, 0.1) is 5.82 Å². The van der Waals surface area contributed by atoms with E-state index in [4.69, 9.17) is 11.6 Å². The van der Waals surface area contributed by atoms with Crippen LogP contribution in [0.15, 0.2) is 78.9 Å². The quantitative estimate of drug-likeness (QED) is 0.533. The molecular weight excluding hydrogens is 379 g/mol. The molecule has 0 aliphatic rings. The molecule has 0 atom stereocenters. The maximum Gasteiger partial charge on any atom is 0.295 e. The third kappa shape index (κ3) is 3.77. The van der Waals surface area contributed by atoms with E-state index in [2.05, 4.69) is 15.4 Å². The average molecular weight is 393 g/mol. The van der Waals surface area contributed by atoms with E-state index in [1.165, 1.54) is 16.8 Å². The molecule has 28 heavy (non-hydrogen) atoms. The van der Waals surface area contributed by atoms with Crippen molar-refractivity contribution in [2.45, 2.75) is 0 Å². The van der Waals surface area contributed by atoms with Crippen molar-refractivity contribution in [3.8, 4) is 17.1 Å². The van der Waals surface area contributed by atoms with Crippen LogP contribution in [0.1, 0.15) is 10.6 Å². The monoisotopic (exact) mass is 392 g/mol. The van der Waals surface area contributed by atoms with Gasteiger partial charge in [0.1, 0.15) is 5.82 Å². The number of carbonyl (C=O) groups is 1. The van der Waals surface area contributed by atoms with Gasteiger partial charge in [-0.05, 0) is 48.5 Å². The topological polar surface area (TPSA) is 59.8 Å². The molecule has 1 aromatic heterocycles. The summed E-state index contributed by atoms with van der Waals surface area (Å²) in [4.78, 5) is 17.0. The molecule has 138 valence electrons. The van der Waals surface area contributed by atoms with Crippen LogP contribution in [-0.4, -0.2) is 20.7 Å². The molecule has 3 aromatic carbocycles. The van der Waals surface area contributed by atoms with Gasteiger partial charge in [0.05, 0.1) is 5.69 Å². The van der Waals surface area contributed by atoms with Crippen molar-refractivity contribution in [2.75, 3.05) is 5.32 Å². The number of benzene rings is 3. The minimum Gasteiger partial charge on any atom is -0.319 e. The molecule has 0 aliphatic heterocycles. The number of hydrogen-bond donors (Lipinski definition) is 1. The summed E-state index contributed by atoms with van der Waals surface area (Å²) in [7, 11) is 0. The normalized spacial score (nSPS) is 10.6. The zero-order valence-corrected chi connectivity index (χ0v) is 15.3. The van der Waals surface area contributed by atoms with E-state index in [0.29, 0.717) is 27.8 Å².